The third-order valence-corrected chi connectivity index (χ3v) is 4.62. The molecule has 0 amide bonds. The van der Waals surface area contributed by atoms with E-state index in [0.717, 1.165) is 16.7 Å². The van der Waals surface area contributed by atoms with Crippen molar-refractivity contribution >= 4 is 5.97 Å². The number of aliphatic hydroxyl groups excluding tert-OH is 1. The van der Waals surface area contributed by atoms with E-state index in [4.69, 9.17) is 4.74 Å². The van der Waals surface area contributed by atoms with Gasteiger partial charge in [0.1, 0.15) is 5.75 Å². The molecule has 0 saturated heterocycles. The number of benzene rings is 1. The van der Waals surface area contributed by atoms with Gasteiger partial charge in [0.25, 0.3) is 0 Å². The highest BCUT2D eigenvalue weighted by Crippen LogP contribution is 2.41. The standard InChI is InChI=1S/C22H36O3/c1-13(2)18(23)15(4)20(24)25-19-16(21(5,6)7)11-14(3)12-17(19)22(8,9)10/h11-13,15,18,23H,1-10H3/t15-,18-/m0/s1. The van der Waals surface area contributed by atoms with Crippen LogP contribution in [0.15, 0.2) is 12.1 Å². The summed E-state index contributed by atoms with van der Waals surface area (Å²) in [6.45, 7) is 20.3. The quantitative estimate of drug-likeness (QED) is 0.605. The summed E-state index contributed by atoms with van der Waals surface area (Å²) in [5, 5.41) is 10.2. The number of hydrogen-bond acceptors (Lipinski definition) is 3. The average molecular weight is 349 g/mol. The Labute approximate surface area is 153 Å². The normalized spacial score (nSPS) is 15.2. The zero-order chi connectivity index (χ0) is 19.7. The van der Waals surface area contributed by atoms with Gasteiger partial charge >= 0.3 is 5.97 Å². The zero-order valence-corrected chi connectivity index (χ0v) is 17.7. The molecule has 0 unspecified atom stereocenters. The molecular weight excluding hydrogens is 312 g/mol. The number of ether oxygens (including phenoxy) is 1. The zero-order valence-electron chi connectivity index (χ0n) is 17.7. The molecule has 1 rings (SSSR count). The van der Waals surface area contributed by atoms with Gasteiger partial charge in [-0.3, -0.25) is 4.79 Å². The van der Waals surface area contributed by atoms with Gasteiger partial charge in [0.05, 0.1) is 12.0 Å². The van der Waals surface area contributed by atoms with Crippen LogP contribution >= 0.6 is 0 Å². The Morgan fingerprint density at radius 1 is 0.960 bits per heavy atom. The summed E-state index contributed by atoms with van der Waals surface area (Å²) in [5.74, 6) is -0.286. The number of carbonyl (C=O) groups excluding carboxylic acids is 1. The topological polar surface area (TPSA) is 46.5 Å². The molecule has 0 aliphatic carbocycles. The monoisotopic (exact) mass is 348 g/mol. The van der Waals surface area contributed by atoms with E-state index in [1.165, 1.54) is 0 Å². The van der Waals surface area contributed by atoms with Crippen LogP contribution in [0, 0.1) is 18.8 Å². The van der Waals surface area contributed by atoms with Crippen molar-refractivity contribution in [1.82, 2.24) is 0 Å². The Morgan fingerprint density at radius 2 is 1.36 bits per heavy atom. The largest absolute Gasteiger partial charge is 0.426 e. The van der Waals surface area contributed by atoms with Crippen LogP contribution < -0.4 is 4.74 Å². The van der Waals surface area contributed by atoms with Crippen LogP contribution in [0.4, 0.5) is 0 Å². The second-order valence-corrected chi connectivity index (χ2v) is 9.63. The molecule has 1 aromatic carbocycles. The van der Waals surface area contributed by atoms with E-state index in [1.54, 1.807) is 6.92 Å². The lowest BCUT2D eigenvalue weighted by molar-refractivity contribution is -0.143. The van der Waals surface area contributed by atoms with Crippen molar-refractivity contribution in [3.8, 4) is 5.75 Å². The molecular formula is C22H36O3. The minimum absolute atomic E-state index is 0.00439. The van der Waals surface area contributed by atoms with Crippen molar-refractivity contribution in [3.63, 3.8) is 0 Å². The summed E-state index contributed by atoms with van der Waals surface area (Å²) >= 11 is 0. The lowest BCUT2D eigenvalue weighted by Crippen LogP contribution is -2.34. The lowest BCUT2D eigenvalue weighted by atomic mass is 9.78. The van der Waals surface area contributed by atoms with E-state index in [1.807, 2.05) is 13.8 Å². The molecule has 0 fully saturated rings. The van der Waals surface area contributed by atoms with Gasteiger partial charge in [0.15, 0.2) is 0 Å². The molecule has 3 nitrogen and oxygen atoms in total. The summed E-state index contributed by atoms with van der Waals surface area (Å²) < 4.78 is 5.92. The van der Waals surface area contributed by atoms with Crippen molar-refractivity contribution in [2.24, 2.45) is 11.8 Å². The Hall–Kier alpha value is -1.35. The maximum absolute atomic E-state index is 12.7. The molecule has 142 valence electrons. The molecule has 0 aromatic heterocycles. The molecule has 0 saturated carbocycles. The first-order valence-corrected chi connectivity index (χ1v) is 9.21. The lowest BCUT2D eigenvalue weighted by Gasteiger charge is -2.31. The predicted molar refractivity (Wildman–Crippen MR) is 104 cm³/mol. The number of aryl methyl sites for hydroxylation is 1. The second kappa shape index (κ2) is 7.49. The smallest absolute Gasteiger partial charge is 0.316 e. The summed E-state index contributed by atoms with van der Waals surface area (Å²) in [6, 6.07) is 4.20. The van der Waals surface area contributed by atoms with Crippen LogP contribution in [0.5, 0.6) is 5.75 Å². The van der Waals surface area contributed by atoms with E-state index >= 15 is 0 Å². The summed E-state index contributed by atoms with van der Waals surface area (Å²) in [7, 11) is 0. The highest BCUT2D eigenvalue weighted by atomic mass is 16.5. The van der Waals surface area contributed by atoms with Crippen LogP contribution in [-0.4, -0.2) is 17.2 Å². The fourth-order valence-corrected chi connectivity index (χ4v) is 2.91. The van der Waals surface area contributed by atoms with Gasteiger partial charge in [-0.05, 0) is 30.6 Å². The molecule has 2 atom stereocenters. The Bertz CT molecular complexity index is 580. The molecule has 0 radical (unpaired) electrons. The second-order valence-electron chi connectivity index (χ2n) is 9.63. The van der Waals surface area contributed by atoms with Gasteiger partial charge < -0.3 is 9.84 Å². The summed E-state index contributed by atoms with van der Waals surface area (Å²) in [4.78, 5) is 12.7. The Balaban J connectivity index is 3.44. The first-order chi connectivity index (χ1) is 11.2. The molecule has 3 heteroatoms. The number of esters is 1. The summed E-state index contributed by atoms with van der Waals surface area (Å²) in [6.07, 6.45) is -0.714. The van der Waals surface area contributed by atoms with Crippen molar-refractivity contribution < 1.29 is 14.6 Å². The van der Waals surface area contributed by atoms with Crippen LogP contribution in [0.3, 0.4) is 0 Å². The van der Waals surface area contributed by atoms with E-state index in [2.05, 4.69) is 60.6 Å². The number of hydrogen-bond donors (Lipinski definition) is 1. The minimum Gasteiger partial charge on any atom is -0.426 e. The Morgan fingerprint density at radius 3 is 1.68 bits per heavy atom. The van der Waals surface area contributed by atoms with Crippen LogP contribution in [0.1, 0.15) is 79.0 Å². The number of aliphatic hydroxyl groups is 1. The molecule has 1 aromatic rings. The van der Waals surface area contributed by atoms with Gasteiger partial charge in [-0.1, -0.05) is 73.1 Å². The van der Waals surface area contributed by atoms with Gasteiger partial charge in [-0.15, -0.1) is 0 Å². The minimum atomic E-state index is -0.714. The predicted octanol–water partition coefficient (Wildman–Crippen LogP) is 5.15. The molecule has 25 heavy (non-hydrogen) atoms. The first-order valence-electron chi connectivity index (χ1n) is 9.21. The van der Waals surface area contributed by atoms with Gasteiger partial charge in [-0.25, -0.2) is 0 Å². The molecule has 0 bridgehead atoms. The van der Waals surface area contributed by atoms with E-state index < -0.39 is 12.0 Å². The van der Waals surface area contributed by atoms with E-state index in [9.17, 15) is 9.90 Å². The fourth-order valence-electron chi connectivity index (χ4n) is 2.91. The fraction of sp³-hybridized carbons (Fsp3) is 0.682. The molecule has 1 N–H and O–H groups in total. The van der Waals surface area contributed by atoms with Crippen molar-refractivity contribution in [3.05, 3.63) is 28.8 Å². The van der Waals surface area contributed by atoms with Gasteiger partial charge in [0.2, 0.25) is 0 Å². The highest BCUT2D eigenvalue weighted by Gasteiger charge is 2.32. The molecule has 0 aliphatic rings. The van der Waals surface area contributed by atoms with Crippen molar-refractivity contribution in [2.75, 3.05) is 0 Å². The third kappa shape index (κ3) is 5.31. The number of carbonyl (C=O) groups is 1. The van der Waals surface area contributed by atoms with Crippen molar-refractivity contribution in [1.29, 1.82) is 0 Å². The van der Waals surface area contributed by atoms with Gasteiger partial charge in [-0.2, -0.15) is 0 Å². The molecule has 0 heterocycles. The maximum atomic E-state index is 12.7. The Kier molecular flexibility index (Phi) is 6.50. The van der Waals surface area contributed by atoms with Crippen molar-refractivity contribution in [2.45, 2.75) is 86.2 Å². The summed E-state index contributed by atoms with van der Waals surface area (Å²) in [5.41, 5.74) is 2.90. The highest BCUT2D eigenvalue weighted by molar-refractivity contribution is 5.76. The average Bonchev–Trinajstić information content (AvgIpc) is 2.44. The van der Waals surface area contributed by atoms with Crippen LogP contribution in [0.25, 0.3) is 0 Å². The molecule has 0 aliphatic heterocycles. The van der Waals surface area contributed by atoms with E-state index in [0.29, 0.717) is 5.75 Å². The SMILES string of the molecule is Cc1cc(C(C)(C)C)c(OC(=O)[C@@H](C)[C@@H](O)C(C)C)c(C(C)(C)C)c1. The van der Waals surface area contributed by atoms with Crippen LogP contribution in [0.2, 0.25) is 0 Å². The molecule has 0 spiro atoms. The van der Waals surface area contributed by atoms with E-state index in [-0.39, 0.29) is 22.7 Å². The van der Waals surface area contributed by atoms with Crippen LogP contribution in [-0.2, 0) is 15.6 Å². The third-order valence-electron chi connectivity index (χ3n) is 4.62. The number of rotatable bonds is 4. The first kappa shape index (κ1) is 21.7. The maximum Gasteiger partial charge on any atom is 0.316 e. The van der Waals surface area contributed by atoms with Gasteiger partial charge in [0, 0.05) is 11.1 Å².